The van der Waals surface area contributed by atoms with Gasteiger partial charge in [-0.15, -0.1) is 0 Å². The first kappa shape index (κ1) is 22.8. The maximum Gasteiger partial charge on any atom is 0.335 e. The van der Waals surface area contributed by atoms with Gasteiger partial charge in [0.05, 0.1) is 5.56 Å². The fourth-order valence-electron chi connectivity index (χ4n) is 4.47. The molecule has 0 unspecified atom stereocenters. The lowest BCUT2D eigenvalue weighted by Crippen LogP contribution is -2.10. The summed E-state index contributed by atoms with van der Waals surface area (Å²) in [5, 5.41) is 11.8. The van der Waals surface area contributed by atoms with E-state index in [-0.39, 0.29) is 5.41 Å². The third-order valence-corrected chi connectivity index (χ3v) is 6.23. The van der Waals surface area contributed by atoms with Crippen molar-refractivity contribution in [3.8, 4) is 22.3 Å². The van der Waals surface area contributed by atoms with E-state index in [4.69, 9.17) is 0 Å². The lowest BCUT2D eigenvalue weighted by atomic mass is 9.85. The highest BCUT2D eigenvalue weighted by Gasteiger charge is 2.15. The molecule has 4 rings (SSSR count). The Morgan fingerprint density at radius 2 is 1.52 bits per heavy atom. The van der Waals surface area contributed by atoms with Crippen LogP contribution < -0.4 is 0 Å². The first-order chi connectivity index (χ1) is 15.6. The molecule has 2 heteroatoms. The molecule has 0 spiro atoms. The molecule has 0 aliphatic carbocycles. The first-order valence-corrected chi connectivity index (χ1v) is 11.6. The fourth-order valence-corrected chi connectivity index (χ4v) is 4.47. The van der Waals surface area contributed by atoms with Crippen molar-refractivity contribution >= 4 is 16.7 Å². The lowest BCUT2D eigenvalue weighted by Gasteiger charge is -2.19. The van der Waals surface area contributed by atoms with Gasteiger partial charge in [-0.25, -0.2) is 4.79 Å². The van der Waals surface area contributed by atoms with Gasteiger partial charge >= 0.3 is 5.97 Å². The van der Waals surface area contributed by atoms with Gasteiger partial charge in [-0.1, -0.05) is 95.3 Å². The van der Waals surface area contributed by atoms with Crippen molar-refractivity contribution in [1.29, 1.82) is 0 Å². The van der Waals surface area contributed by atoms with Crippen LogP contribution in [0.1, 0.15) is 56.1 Å². The summed E-state index contributed by atoms with van der Waals surface area (Å²) in [6.07, 6.45) is 0.842. The zero-order valence-electron chi connectivity index (χ0n) is 20.1. The zero-order chi connectivity index (χ0) is 23.8. The van der Waals surface area contributed by atoms with Gasteiger partial charge in [-0.05, 0) is 80.1 Å². The van der Waals surface area contributed by atoms with Crippen LogP contribution in [0.15, 0.2) is 78.9 Å². The van der Waals surface area contributed by atoms with E-state index in [1.807, 2.05) is 12.1 Å². The topological polar surface area (TPSA) is 37.3 Å². The lowest BCUT2D eigenvalue weighted by molar-refractivity contribution is 0.0696. The predicted octanol–water partition coefficient (Wildman–Crippen LogP) is 8.37. The van der Waals surface area contributed by atoms with Gasteiger partial charge < -0.3 is 5.11 Å². The minimum Gasteiger partial charge on any atom is -0.478 e. The second kappa shape index (κ2) is 8.86. The quantitative estimate of drug-likeness (QED) is 0.341. The first-order valence-electron chi connectivity index (χ1n) is 11.6. The van der Waals surface area contributed by atoms with Crippen LogP contribution in [-0.4, -0.2) is 11.1 Å². The van der Waals surface area contributed by atoms with Gasteiger partial charge in [0, 0.05) is 0 Å². The number of carboxylic acid groups (broad SMARTS) is 1. The molecule has 0 atom stereocenters. The Labute approximate surface area is 196 Å². The maximum atomic E-state index is 11.5. The summed E-state index contributed by atoms with van der Waals surface area (Å²) in [7, 11) is 0. The highest BCUT2D eigenvalue weighted by atomic mass is 16.4. The Kier molecular flexibility index (Phi) is 6.12. The Morgan fingerprint density at radius 1 is 0.818 bits per heavy atom. The number of fused-ring (bicyclic) bond motifs is 1. The van der Waals surface area contributed by atoms with E-state index in [2.05, 4.69) is 95.3 Å². The predicted molar refractivity (Wildman–Crippen MR) is 139 cm³/mol. The van der Waals surface area contributed by atoms with Crippen molar-refractivity contribution in [1.82, 2.24) is 0 Å². The zero-order valence-corrected chi connectivity index (χ0v) is 20.1. The molecule has 0 radical (unpaired) electrons. The molecule has 2 nitrogen and oxygen atoms in total. The summed E-state index contributed by atoms with van der Waals surface area (Å²) in [5.74, 6) is -0.442. The molecular formula is C31H32O2. The molecule has 4 aromatic carbocycles. The molecule has 0 aromatic heterocycles. The van der Waals surface area contributed by atoms with Crippen LogP contribution in [0.4, 0.5) is 0 Å². The average molecular weight is 437 g/mol. The van der Waals surface area contributed by atoms with E-state index < -0.39 is 5.97 Å². The van der Waals surface area contributed by atoms with Crippen LogP contribution >= 0.6 is 0 Å². The molecule has 168 valence electrons. The molecule has 33 heavy (non-hydrogen) atoms. The molecule has 0 aliphatic rings. The van der Waals surface area contributed by atoms with Crippen LogP contribution in [0, 0.1) is 5.92 Å². The van der Waals surface area contributed by atoms with E-state index >= 15 is 0 Å². The number of carbonyl (C=O) groups is 1. The van der Waals surface area contributed by atoms with Crippen molar-refractivity contribution in [2.24, 2.45) is 5.92 Å². The SMILES string of the molecule is CC(C)Cc1cc(C(=O)O)ccc1-c1ccc2c(-c3ccc(C(C)(C)C)cc3)cccc2c1. The van der Waals surface area contributed by atoms with Crippen LogP contribution in [0.5, 0.6) is 0 Å². The second-order valence-electron chi connectivity index (χ2n) is 10.3. The molecule has 0 bridgehead atoms. The van der Waals surface area contributed by atoms with Crippen molar-refractivity contribution in [3.63, 3.8) is 0 Å². The van der Waals surface area contributed by atoms with Crippen molar-refractivity contribution in [2.75, 3.05) is 0 Å². The van der Waals surface area contributed by atoms with Gasteiger partial charge in [0.1, 0.15) is 0 Å². The van der Waals surface area contributed by atoms with E-state index in [0.29, 0.717) is 11.5 Å². The number of carboxylic acids is 1. The van der Waals surface area contributed by atoms with E-state index in [9.17, 15) is 9.90 Å². The van der Waals surface area contributed by atoms with E-state index in [1.54, 1.807) is 6.07 Å². The van der Waals surface area contributed by atoms with Gasteiger partial charge in [0.25, 0.3) is 0 Å². The number of aromatic carboxylic acids is 1. The Hall–Kier alpha value is -3.39. The van der Waals surface area contributed by atoms with Crippen LogP contribution in [0.25, 0.3) is 33.0 Å². The average Bonchev–Trinajstić information content (AvgIpc) is 2.77. The summed E-state index contributed by atoms with van der Waals surface area (Å²) >= 11 is 0. The molecule has 0 saturated heterocycles. The normalized spacial score (nSPS) is 11.8. The Bertz CT molecular complexity index is 1310. The van der Waals surface area contributed by atoms with Gasteiger partial charge in [-0.2, -0.15) is 0 Å². The van der Waals surface area contributed by atoms with Crippen molar-refractivity contribution in [2.45, 2.75) is 46.5 Å². The molecule has 1 N–H and O–H groups in total. The van der Waals surface area contributed by atoms with Gasteiger partial charge in [-0.3, -0.25) is 0 Å². The molecule has 0 amide bonds. The molecule has 0 fully saturated rings. The Morgan fingerprint density at radius 3 is 2.15 bits per heavy atom. The largest absolute Gasteiger partial charge is 0.478 e. The van der Waals surface area contributed by atoms with Crippen molar-refractivity contribution in [3.05, 3.63) is 95.6 Å². The number of rotatable bonds is 5. The number of benzene rings is 4. The summed E-state index contributed by atoms with van der Waals surface area (Å²) in [6, 6.07) is 27.4. The number of hydrogen-bond acceptors (Lipinski definition) is 1. The van der Waals surface area contributed by atoms with Crippen LogP contribution in [0.3, 0.4) is 0 Å². The second-order valence-corrected chi connectivity index (χ2v) is 10.3. The smallest absolute Gasteiger partial charge is 0.335 e. The highest BCUT2D eigenvalue weighted by Crippen LogP contribution is 2.34. The highest BCUT2D eigenvalue weighted by molar-refractivity contribution is 5.99. The molecule has 0 aliphatic heterocycles. The summed E-state index contributed by atoms with van der Waals surface area (Å²) < 4.78 is 0. The molecular weight excluding hydrogens is 404 g/mol. The maximum absolute atomic E-state index is 11.5. The fraction of sp³-hybridized carbons (Fsp3) is 0.258. The minimum atomic E-state index is -0.882. The molecule has 0 saturated carbocycles. The standard InChI is InChI=1S/C31H32O2/c1-20(2)17-25-19-24(30(32)33)12-15-27(25)23-11-16-29-22(18-23)7-6-8-28(29)21-9-13-26(14-10-21)31(3,4)5/h6-16,18-20H,17H2,1-5H3,(H,32,33). The summed E-state index contributed by atoms with van der Waals surface area (Å²) in [5.41, 5.74) is 7.56. The third-order valence-electron chi connectivity index (χ3n) is 6.23. The van der Waals surface area contributed by atoms with E-state index in [0.717, 1.165) is 23.1 Å². The van der Waals surface area contributed by atoms with Crippen LogP contribution in [-0.2, 0) is 11.8 Å². The third kappa shape index (κ3) is 4.85. The summed E-state index contributed by atoms with van der Waals surface area (Å²) in [6.45, 7) is 11.0. The number of hydrogen-bond donors (Lipinski definition) is 1. The van der Waals surface area contributed by atoms with Gasteiger partial charge in [0.2, 0.25) is 0 Å². The summed E-state index contributed by atoms with van der Waals surface area (Å²) in [4.78, 5) is 11.5. The van der Waals surface area contributed by atoms with E-state index in [1.165, 1.54) is 27.5 Å². The van der Waals surface area contributed by atoms with Crippen LogP contribution in [0.2, 0.25) is 0 Å². The molecule has 0 heterocycles. The molecule has 4 aromatic rings. The van der Waals surface area contributed by atoms with Gasteiger partial charge in [0.15, 0.2) is 0 Å². The Balaban J connectivity index is 1.79. The minimum absolute atomic E-state index is 0.135. The monoisotopic (exact) mass is 436 g/mol. The van der Waals surface area contributed by atoms with Crippen molar-refractivity contribution < 1.29 is 9.90 Å².